The molecule has 1 atom stereocenters. The Labute approximate surface area is 120 Å². The van der Waals surface area contributed by atoms with Crippen molar-refractivity contribution in [1.82, 2.24) is 4.31 Å². The second-order valence-electron chi connectivity index (χ2n) is 4.42. The Bertz CT molecular complexity index is 587. The first-order valence-electron chi connectivity index (χ1n) is 5.73. The Hall–Kier alpha value is -0.570. The van der Waals surface area contributed by atoms with Crippen LogP contribution in [-0.2, 0) is 10.0 Å². The van der Waals surface area contributed by atoms with E-state index in [0.29, 0.717) is 5.56 Å². The summed E-state index contributed by atoms with van der Waals surface area (Å²) in [6.45, 7) is 1.63. The first-order valence-corrected chi connectivity index (χ1v) is 9.20. The summed E-state index contributed by atoms with van der Waals surface area (Å²) < 4.78 is 26.5. The fraction of sp³-hybridized carbons (Fsp3) is 0.545. The number of rotatable bonds is 4. The molecule has 0 aromatic carbocycles. The Morgan fingerprint density at radius 2 is 2.21 bits per heavy atom. The van der Waals surface area contributed by atoms with Gasteiger partial charge in [-0.15, -0.1) is 11.3 Å². The first-order chi connectivity index (χ1) is 8.85. The Morgan fingerprint density at radius 1 is 1.53 bits per heavy atom. The van der Waals surface area contributed by atoms with Crippen molar-refractivity contribution in [1.29, 1.82) is 0 Å². The molecule has 2 heterocycles. The molecule has 0 amide bonds. The monoisotopic (exact) mass is 321 g/mol. The summed E-state index contributed by atoms with van der Waals surface area (Å²) in [5.41, 5.74) is 0.500. The van der Waals surface area contributed by atoms with E-state index in [1.54, 1.807) is 24.1 Å². The van der Waals surface area contributed by atoms with Gasteiger partial charge in [0.1, 0.15) is 9.77 Å². The number of nitrogens with zero attached hydrogens (tertiary/aromatic N) is 1. The zero-order chi connectivity index (χ0) is 14.2. The van der Waals surface area contributed by atoms with Gasteiger partial charge in [0.2, 0.25) is 10.0 Å². The van der Waals surface area contributed by atoms with Gasteiger partial charge >= 0.3 is 5.97 Å². The molecular weight excluding hydrogens is 306 g/mol. The number of carboxylic acids is 1. The maximum Gasteiger partial charge on any atom is 0.347 e. The van der Waals surface area contributed by atoms with Crippen molar-refractivity contribution in [3.63, 3.8) is 0 Å². The van der Waals surface area contributed by atoms with Crippen LogP contribution < -0.4 is 0 Å². The van der Waals surface area contributed by atoms with E-state index in [1.165, 1.54) is 11.4 Å². The number of hydrogen-bond acceptors (Lipinski definition) is 5. The van der Waals surface area contributed by atoms with Gasteiger partial charge in [-0.25, -0.2) is 13.2 Å². The number of thiophene rings is 1. The molecule has 8 heteroatoms. The highest BCUT2D eigenvalue weighted by molar-refractivity contribution is 7.99. The zero-order valence-electron chi connectivity index (χ0n) is 10.6. The standard InChI is InChI=1S/C11H15NO4S3/c1-7-5-18-9(11(13)14)10(7)19(15,16)12(2)8-3-4-17-6-8/h5,8H,3-4,6H2,1-2H3,(H,13,14). The number of hydrogen-bond donors (Lipinski definition) is 1. The van der Waals surface area contributed by atoms with E-state index >= 15 is 0 Å². The molecule has 1 aromatic heterocycles. The Balaban J connectivity index is 2.44. The highest BCUT2D eigenvalue weighted by Gasteiger charge is 2.35. The molecule has 1 N–H and O–H groups in total. The van der Waals surface area contributed by atoms with Gasteiger partial charge in [0, 0.05) is 18.8 Å². The van der Waals surface area contributed by atoms with E-state index in [2.05, 4.69) is 0 Å². The van der Waals surface area contributed by atoms with Gasteiger partial charge in [0.25, 0.3) is 0 Å². The molecule has 1 unspecified atom stereocenters. The maximum absolute atomic E-state index is 12.6. The molecule has 1 saturated heterocycles. The van der Waals surface area contributed by atoms with Crippen molar-refractivity contribution in [3.05, 3.63) is 15.8 Å². The highest BCUT2D eigenvalue weighted by atomic mass is 32.2. The van der Waals surface area contributed by atoms with Crippen LogP contribution in [0.25, 0.3) is 0 Å². The third-order valence-corrected chi connectivity index (χ3v) is 7.63. The lowest BCUT2D eigenvalue weighted by molar-refractivity contribution is 0.0698. The van der Waals surface area contributed by atoms with Gasteiger partial charge in [0.15, 0.2) is 0 Å². The molecule has 1 fully saturated rings. The largest absolute Gasteiger partial charge is 0.477 e. The van der Waals surface area contributed by atoms with Gasteiger partial charge < -0.3 is 5.11 Å². The van der Waals surface area contributed by atoms with Crippen LogP contribution in [0.4, 0.5) is 0 Å². The van der Waals surface area contributed by atoms with E-state index in [4.69, 9.17) is 5.11 Å². The fourth-order valence-electron chi connectivity index (χ4n) is 2.05. The summed E-state index contributed by atoms with van der Waals surface area (Å²) in [5, 5.41) is 10.7. The van der Waals surface area contributed by atoms with Crippen LogP contribution in [0.3, 0.4) is 0 Å². The number of carboxylic acid groups (broad SMARTS) is 1. The topological polar surface area (TPSA) is 74.7 Å². The molecule has 0 saturated carbocycles. The van der Waals surface area contributed by atoms with E-state index in [0.717, 1.165) is 29.3 Å². The van der Waals surface area contributed by atoms with Gasteiger partial charge in [-0.1, -0.05) is 0 Å². The fourth-order valence-corrected chi connectivity index (χ4v) is 6.38. The normalized spacial score (nSPS) is 20.1. The van der Waals surface area contributed by atoms with E-state index in [-0.39, 0.29) is 15.8 Å². The number of aryl methyl sites for hydroxylation is 1. The minimum atomic E-state index is -3.74. The predicted molar refractivity (Wildman–Crippen MR) is 76.7 cm³/mol. The maximum atomic E-state index is 12.6. The molecule has 0 bridgehead atoms. The van der Waals surface area contributed by atoms with Crippen molar-refractivity contribution in [2.45, 2.75) is 24.3 Å². The lowest BCUT2D eigenvalue weighted by Crippen LogP contribution is -2.37. The number of thioether (sulfide) groups is 1. The van der Waals surface area contributed by atoms with Crippen LogP contribution in [0, 0.1) is 6.92 Å². The van der Waals surface area contributed by atoms with Gasteiger partial charge in [0.05, 0.1) is 0 Å². The summed E-state index contributed by atoms with van der Waals surface area (Å²) >= 11 is 2.68. The van der Waals surface area contributed by atoms with E-state index < -0.39 is 16.0 Å². The van der Waals surface area contributed by atoms with Crippen LogP contribution in [0.2, 0.25) is 0 Å². The smallest absolute Gasteiger partial charge is 0.347 e. The first kappa shape index (κ1) is 14.8. The average Bonchev–Trinajstić information content (AvgIpc) is 2.96. The quantitative estimate of drug-likeness (QED) is 0.916. The molecule has 1 aromatic rings. The Kier molecular flexibility index (Phi) is 4.24. The lowest BCUT2D eigenvalue weighted by atomic mass is 10.3. The minimum absolute atomic E-state index is 0.0454. The number of sulfonamides is 1. The second kappa shape index (κ2) is 5.43. The zero-order valence-corrected chi connectivity index (χ0v) is 13.1. The molecule has 19 heavy (non-hydrogen) atoms. The summed E-state index contributed by atoms with van der Waals surface area (Å²) in [6.07, 6.45) is 0.811. The average molecular weight is 321 g/mol. The molecule has 5 nitrogen and oxygen atoms in total. The van der Waals surface area contributed by atoms with E-state index in [9.17, 15) is 13.2 Å². The van der Waals surface area contributed by atoms with Gasteiger partial charge in [-0.3, -0.25) is 0 Å². The van der Waals surface area contributed by atoms with Crippen molar-refractivity contribution in [2.24, 2.45) is 0 Å². The van der Waals surface area contributed by atoms with Crippen LogP contribution in [0.5, 0.6) is 0 Å². The molecule has 0 radical (unpaired) electrons. The summed E-state index contributed by atoms with van der Waals surface area (Å²) in [6, 6.07) is -0.0454. The van der Waals surface area contributed by atoms with Crippen molar-refractivity contribution < 1.29 is 18.3 Å². The second-order valence-corrected chi connectivity index (χ2v) is 8.38. The highest BCUT2D eigenvalue weighted by Crippen LogP contribution is 2.32. The van der Waals surface area contributed by atoms with Gasteiger partial charge in [-0.2, -0.15) is 16.1 Å². The lowest BCUT2D eigenvalue weighted by Gasteiger charge is -2.23. The summed E-state index contributed by atoms with van der Waals surface area (Å²) in [7, 11) is -2.20. The molecule has 0 spiro atoms. The molecule has 106 valence electrons. The van der Waals surface area contributed by atoms with E-state index in [1.807, 2.05) is 0 Å². The van der Waals surface area contributed by atoms with Crippen LogP contribution in [0.15, 0.2) is 10.3 Å². The van der Waals surface area contributed by atoms with Crippen LogP contribution in [0.1, 0.15) is 21.7 Å². The number of carbonyl (C=O) groups is 1. The van der Waals surface area contributed by atoms with Crippen molar-refractivity contribution >= 4 is 39.1 Å². The summed E-state index contributed by atoms with van der Waals surface area (Å²) in [5.74, 6) is 0.520. The molecule has 1 aliphatic heterocycles. The SMILES string of the molecule is Cc1csc(C(=O)O)c1S(=O)(=O)N(C)C1CCSC1. The third-order valence-electron chi connectivity index (χ3n) is 3.17. The summed E-state index contributed by atoms with van der Waals surface area (Å²) in [4.78, 5) is 11.0. The molecule has 2 rings (SSSR count). The minimum Gasteiger partial charge on any atom is -0.477 e. The third kappa shape index (κ3) is 2.67. The van der Waals surface area contributed by atoms with Crippen LogP contribution >= 0.6 is 23.1 Å². The Morgan fingerprint density at radius 3 is 2.74 bits per heavy atom. The van der Waals surface area contributed by atoms with Crippen LogP contribution in [-0.4, -0.2) is 48.4 Å². The number of aromatic carboxylic acids is 1. The molecule has 0 aliphatic carbocycles. The molecular formula is C11H15NO4S3. The van der Waals surface area contributed by atoms with Crippen molar-refractivity contribution in [2.75, 3.05) is 18.6 Å². The van der Waals surface area contributed by atoms with Crippen molar-refractivity contribution in [3.8, 4) is 0 Å². The van der Waals surface area contributed by atoms with Gasteiger partial charge in [-0.05, 0) is 30.0 Å². The predicted octanol–water partition coefficient (Wildman–Crippen LogP) is 1.88. The molecule has 1 aliphatic rings.